The topological polar surface area (TPSA) is 95.7 Å². The Morgan fingerprint density at radius 1 is 1.43 bits per heavy atom. The van der Waals surface area contributed by atoms with E-state index in [1.165, 1.54) is 12.1 Å². The van der Waals surface area contributed by atoms with Gasteiger partial charge in [0.25, 0.3) is 5.69 Å². The Balaban J connectivity index is 2.73. The van der Waals surface area contributed by atoms with Gasteiger partial charge in [-0.25, -0.2) is 0 Å². The van der Waals surface area contributed by atoms with Crippen LogP contribution in [-0.2, 0) is 4.79 Å². The standard InChI is InChI=1S/C14H21N3O4/c1-3-6-16(7-8-18)10-14(19)15-13-9-12(17(20)21)5-4-11(13)2/h4-5,9,18H,3,6-8,10H2,1-2H3,(H,15,19). The van der Waals surface area contributed by atoms with Crippen LogP contribution in [0, 0.1) is 17.0 Å². The van der Waals surface area contributed by atoms with E-state index >= 15 is 0 Å². The third-order valence-corrected chi connectivity index (χ3v) is 3.03. The lowest BCUT2D eigenvalue weighted by atomic mass is 10.2. The van der Waals surface area contributed by atoms with Crippen molar-refractivity contribution in [1.29, 1.82) is 0 Å². The second kappa shape index (κ2) is 8.33. The largest absolute Gasteiger partial charge is 0.395 e. The number of rotatable bonds is 8. The van der Waals surface area contributed by atoms with Crippen LogP contribution < -0.4 is 5.32 Å². The van der Waals surface area contributed by atoms with Gasteiger partial charge < -0.3 is 10.4 Å². The number of amides is 1. The predicted molar refractivity (Wildman–Crippen MR) is 80.3 cm³/mol. The zero-order valence-electron chi connectivity index (χ0n) is 12.3. The van der Waals surface area contributed by atoms with Gasteiger partial charge in [0.15, 0.2) is 0 Å². The third kappa shape index (κ3) is 5.49. The maximum absolute atomic E-state index is 12.0. The minimum absolute atomic E-state index is 0.0108. The number of benzene rings is 1. The lowest BCUT2D eigenvalue weighted by Gasteiger charge is -2.20. The molecule has 1 rings (SSSR count). The van der Waals surface area contributed by atoms with Gasteiger partial charge in [0.1, 0.15) is 0 Å². The number of nitrogens with zero attached hydrogens (tertiary/aromatic N) is 2. The summed E-state index contributed by atoms with van der Waals surface area (Å²) >= 11 is 0. The molecule has 0 aliphatic carbocycles. The molecule has 116 valence electrons. The van der Waals surface area contributed by atoms with Gasteiger partial charge in [0, 0.05) is 18.7 Å². The molecule has 0 unspecified atom stereocenters. The van der Waals surface area contributed by atoms with Gasteiger partial charge in [-0.1, -0.05) is 13.0 Å². The summed E-state index contributed by atoms with van der Waals surface area (Å²) in [7, 11) is 0. The minimum atomic E-state index is -0.496. The number of nitro benzene ring substituents is 1. The SMILES string of the molecule is CCCN(CCO)CC(=O)Nc1cc([N+](=O)[O-])ccc1C. The van der Waals surface area contributed by atoms with Gasteiger partial charge in [-0.15, -0.1) is 0 Å². The highest BCUT2D eigenvalue weighted by Crippen LogP contribution is 2.21. The van der Waals surface area contributed by atoms with Gasteiger partial charge in [0.2, 0.25) is 5.91 Å². The predicted octanol–water partition coefficient (Wildman–Crippen LogP) is 1.55. The summed E-state index contributed by atoms with van der Waals surface area (Å²) in [5, 5.41) is 22.4. The van der Waals surface area contributed by atoms with E-state index in [1.807, 2.05) is 11.8 Å². The first-order valence-electron chi connectivity index (χ1n) is 6.86. The normalized spacial score (nSPS) is 10.7. The summed E-state index contributed by atoms with van der Waals surface area (Å²) in [4.78, 5) is 24.1. The highest BCUT2D eigenvalue weighted by Gasteiger charge is 2.13. The number of carbonyl (C=O) groups excluding carboxylic acids is 1. The molecule has 0 atom stereocenters. The Morgan fingerprint density at radius 3 is 2.71 bits per heavy atom. The van der Waals surface area contributed by atoms with Crippen molar-refractivity contribution < 1.29 is 14.8 Å². The van der Waals surface area contributed by atoms with E-state index in [1.54, 1.807) is 13.0 Å². The number of anilines is 1. The van der Waals surface area contributed by atoms with E-state index < -0.39 is 4.92 Å². The molecule has 7 nitrogen and oxygen atoms in total. The third-order valence-electron chi connectivity index (χ3n) is 3.03. The lowest BCUT2D eigenvalue weighted by Crippen LogP contribution is -2.35. The van der Waals surface area contributed by atoms with Crippen LogP contribution in [0.1, 0.15) is 18.9 Å². The molecule has 0 saturated carbocycles. The fourth-order valence-corrected chi connectivity index (χ4v) is 1.98. The van der Waals surface area contributed by atoms with Crippen LogP contribution in [0.4, 0.5) is 11.4 Å². The number of aryl methyl sites for hydroxylation is 1. The monoisotopic (exact) mass is 295 g/mol. The summed E-state index contributed by atoms with van der Waals surface area (Å²) in [6, 6.07) is 4.36. The molecule has 2 N–H and O–H groups in total. The fraction of sp³-hybridized carbons (Fsp3) is 0.500. The summed E-state index contributed by atoms with van der Waals surface area (Å²) in [6.45, 7) is 5.04. The smallest absolute Gasteiger partial charge is 0.271 e. The van der Waals surface area contributed by atoms with Gasteiger partial charge in [-0.05, 0) is 25.5 Å². The van der Waals surface area contributed by atoms with E-state index in [0.717, 1.165) is 12.0 Å². The van der Waals surface area contributed by atoms with Crippen molar-refractivity contribution in [3.05, 3.63) is 33.9 Å². The molecule has 0 aliphatic heterocycles. The van der Waals surface area contributed by atoms with E-state index in [2.05, 4.69) is 5.32 Å². The number of nitro groups is 1. The van der Waals surface area contributed by atoms with E-state index in [9.17, 15) is 14.9 Å². The molecule has 21 heavy (non-hydrogen) atoms. The van der Waals surface area contributed by atoms with Crippen molar-refractivity contribution in [2.75, 3.05) is 31.6 Å². The Hall–Kier alpha value is -1.99. The zero-order chi connectivity index (χ0) is 15.8. The Bertz CT molecular complexity index is 499. The highest BCUT2D eigenvalue weighted by molar-refractivity contribution is 5.93. The minimum Gasteiger partial charge on any atom is -0.395 e. The zero-order valence-corrected chi connectivity index (χ0v) is 12.3. The van der Waals surface area contributed by atoms with E-state index in [-0.39, 0.29) is 24.7 Å². The molecule has 0 radical (unpaired) electrons. The molecule has 1 aromatic carbocycles. The lowest BCUT2D eigenvalue weighted by molar-refractivity contribution is -0.384. The maximum atomic E-state index is 12.0. The molecule has 0 aliphatic rings. The van der Waals surface area contributed by atoms with Crippen LogP contribution in [0.5, 0.6) is 0 Å². The van der Waals surface area contributed by atoms with Crippen LogP contribution in [0.15, 0.2) is 18.2 Å². The molecule has 0 saturated heterocycles. The summed E-state index contributed by atoms with van der Waals surface area (Å²) in [5.74, 6) is -0.250. The first kappa shape index (κ1) is 17.1. The molecule has 1 aromatic rings. The fourth-order valence-electron chi connectivity index (χ4n) is 1.98. The summed E-state index contributed by atoms with van der Waals surface area (Å²) < 4.78 is 0. The molecular weight excluding hydrogens is 274 g/mol. The van der Waals surface area contributed by atoms with Crippen molar-refractivity contribution in [2.24, 2.45) is 0 Å². The van der Waals surface area contributed by atoms with E-state index in [0.29, 0.717) is 18.8 Å². The van der Waals surface area contributed by atoms with Crippen LogP contribution in [0.3, 0.4) is 0 Å². The van der Waals surface area contributed by atoms with Crippen molar-refractivity contribution in [3.63, 3.8) is 0 Å². The molecule has 0 heterocycles. The number of hydrogen-bond donors (Lipinski definition) is 2. The molecule has 7 heteroatoms. The highest BCUT2D eigenvalue weighted by atomic mass is 16.6. The number of carbonyl (C=O) groups is 1. The summed E-state index contributed by atoms with van der Waals surface area (Å²) in [5.41, 5.74) is 1.14. The van der Waals surface area contributed by atoms with Gasteiger partial charge >= 0.3 is 0 Å². The number of non-ortho nitro benzene ring substituents is 1. The first-order valence-corrected chi connectivity index (χ1v) is 6.86. The van der Waals surface area contributed by atoms with Gasteiger partial charge in [-0.3, -0.25) is 19.8 Å². The first-order chi connectivity index (χ1) is 9.97. The Kier molecular flexibility index (Phi) is 6.77. The van der Waals surface area contributed by atoms with Crippen LogP contribution in [-0.4, -0.2) is 47.1 Å². The van der Waals surface area contributed by atoms with E-state index in [4.69, 9.17) is 5.11 Å². The molecular formula is C14H21N3O4. The quantitative estimate of drug-likeness (QED) is 0.560. The number of nitrogens with one attached hydrogen (secondary N) is 1. The van der Waals surface area contributed by atoms with Crippen LogP contribution in [0.2, 0.25) is 0 Å². The summed E-state index contributed by atoms with van der Waals surface area (Å²) in [6.07, 6.45) is 0.878. The number of hydrogen-bond acceptors (Lipinski definition) is 5. The second-order valence-electron chi connectivity index (χ2n) is 4.80. The van der Waals surface area contributed by atoms with Crippen molar-refractivity contribution in [3.8, 4) is 0 Å². The van der Waals surface area contributed by atoms with Gasteiger partial charge in [-0.2, -0.15) is 0 Å². The van der Waals surface area contributed by atoms with Crippen LogP contribution in [0.25, 0.3) is 0 Å². The van der Waals surface area contributed by atoms with Crippen molar-refractivity contribution in [1.82, 2.24) is 4.90 Å². The Morgan fingerprint density at radius 2 is 2.14 bits per heavy atom. The number of aliphatic hydroxyl groups excluding tert-OH is 1. The van der Waals surface area contributed by atoms with Gasteiger partial charge in [0.05, 0.1) is 23.8 Å². The average Bonchev–Trinajstić information content (AvgIpc) is 2.41. The molecule has 0 spiro atoms. The molecule has 0 fully saturated rings. The van der Waals surface area contributed by atoms with Crippen molar-refractivity contribution >= 4 is 17.3 Å². The van der Waals surface area contributed by atoms with Crippen molar-refractivity contribution in [2.45, 2.75) is 20.3 Å². The second-order valence-corrected chi connectivity index (χ2v) is 4.80. The Labute approximate surface area is 123 Å². The number of aliphatic hydroxyl groups is 1. The molecule has 1 amide bonds. The average molecular weight is 295 g/mol. The maximum Gasteiger partial charge on any atom is 0.271 e. The molecule has 0 aromatic heterocycles. The van der Waals surface area contributed by atoms with Crippen LogP contribution >= 0.6 is 0 Å². The molecule has 0 bridgehead atoms.